The van der Waals surface area contributed by atoms with Crippen molar-refractivity contribution in [2.45, 2.75) is 13.1 Å². The topological polar surface area (TPSA) is 110 Å². The number of carbonyl (C=O) groups is 2. The number of nitrogens with one attached hydrogen (secondary N) is 1. The van der Waals surface area contributed by atoms with Gasteiger partial charge >= 0.3 is 12.3 Å². The number of nitrogen functional groups attached to an aromatic ring is 1. The average Bonchev–Trinajstić information content (AvgIpc) is 3.19. The number of nitrogens with zero attached hydrogens (tertiary/aromatic N) is 3. The van der Waals surface area contributed by atoms with Gasteiger partial charge in [-0.25, -0.2) is 14.8 Å². The van der Waals surface area contributed by atoms with Gasteiger partial charge in [-0.1, -0.05) is 6.07 Å². The van der Waals surface area contributed by atoms with Crippen LogP contribution < -0.4 is 16.0 Å². The van der Waals surface area contributed by atoms with E-state index in [2.05, 4.69) is 15.3 Å². The fraction of sp³-hybridized carbons (Fsp3) is 0.182. The summed E-state index contributed by atoms with van der Waals surface area (Å²) in [6, 6.07) is 7.60. The number of aromatic nitrogens is 2. The Morgan fingerprint density at radius 1 is 1.15 bits per heavy atom. The van der Waals surface area contributed by atoms with Gasteiger partial charge in [0.15, 0.2) is 0 Å². The lowest BCUT2D eigenvalue weighted by atomic mass is 10.00. The van der Waals surface area contributed by atoms with Crippen LogP contribution in [0.3, 0.4) is 0 Å². The summed E-state index contributed by atoms with van der Waals surface area (Å²) in [5, 5.41) is 2.50. The van der Waals surface area contributed by atoms with Crippen LogP contribution in [-0.2, 0) is 10.9 Å². The van der Waals surface area contributed by atoms with E-state index < -0.39 is 23.7 Å². The molecule has 0 aliphatic carbocycles. The lowest BCUT2D eigenvalue weighted by Crippen LogP contribution is -2.26. The smallest absolute Gasteiger partial charge is 0.416 e. The fourth-order valence-corrected chi connectivity index (χ4v) is 3.41. The predicted molar refractivity (Wildman–Crippen MR) is 115 cm³/mol. The second-order valence-electron chi connectivity index (χ2n) is 7.31. The molecule has 2 aromatic carbocycles. The van der Waals surface area contributed by atoms with Gasteiger partial charge in [0.2, 0.25) is 5.95 Å². The SMILES string of the molecule is Cc1ccc(C(=O)Nc2cc(C(F)(F)F)ccc2N2CCOC2=O)cc1-c1cnc(N)nc1. The summed E-state index contributed by atoms with van der Waals surface area (Å²) in [5.41, 5.74) is 6.82. The average molecular weight is 457 g/mol. The molecule has 4 rings (SSSR count). The summed E-state index contributed by atoms with van der Waals surface area (Å²) in [4.78, 5) is 34.0. The van der Waals surface area contributed by atoms with Crippen LogP contribution in [0.15, 0.2) is 48.8 Å². The number of halogens is 3. The Balaban J connectivity index is 1.70. The third-order valence-corrected chi connectivity index (χ3v) is 5.11. The van der Waals surface area contributed by atoms with Crippen LogP contribution in [-0.4, -0.2) is 35.1 Å². The minimum Gasteiger partial charge on any atom is -0.447 e. The maximum absolute atomic E-state index is 13.3. The summed E-state index contributed by atoms with van der Waals surface area (Å²) in [7, 11) is 0. The molecule has 0 saturated carbocycles. The van der Waals surface area contributed by atoms with Crippen molar-refractivity contribution in [1.29, 1.82) is 0 Å². The molecule has 8 nitrogen and oxygen atoms in total. The molecule has 1 saturated heterocycles. The Kier molecular flexibility index (Phi) is 5.62. The quantitative estimate of drug-likeness (QED) is 0.606. The lowest BCUT2D eigenvalue weighted by molar-refractivity contribution is -0.137. The van der Waals surface area contributed by atoms with Gasteiger partial charge in [-0.15, -0.1) is 0 Å². The van der Waals surface area contributed by atoms with E-state index in [1.165, 1.54) is 17.3 Å². The first-order valence-corrected chi connectivity index (χ1v) is 9.79. The number of benzene rings is 2. The van der Waals surface area contributed by atoms with Crippen LogP contribution in [0.5, 0.6) is 0 Å². The van der Waals surface area contributed by atoms with Crippen molar-refractivity contribution < 1.29 is 27.5 Å². The highest BCUT2D eigenvalue weighted by Gasteiger charge is 2.33. The van der Waals surface area contributed by atoms with Crippen molar-refractivity contribution in [2.24, 2.45) is 0 Å². The number of ether oxygens (including phenoxy) is 1. The summed E-state index contributed by atoms with van der Waals surface area (Å²) < 4.78 is 44.7. The molecule has 11 heteroatoms. The molecule has 170 valence electrons. The molecule has 0 radical (unpaired) electrons. The first-order chi connectivity index (χ1) is 15.6. The maximum Gasteiger partial charge on any atom is 0.416 e. The number of alkyl halides is 3. The molecule has 33 heavy (non-hydrogen) atoms. The molecule has 3 aromatic rings. The Morgan fingerprint density at radius 3 is 2.52 bits per heavy atom. The van der Waals surface area contributed by atoms with E-state index in [4.69, 9.17) is 10.5 Å². The van der Waals surface area contributed by atoms with E-state index in [0.29, 0.717) is 11.1 Å². The first kappa shape index (κ1) is 22.1. The van der Waals surface area contributed by atoms with Crippen molar-refractivity contribution in [3.8, 4) is 11.1 Å². The predicted octanol–water partition coefficient (Wildman–Crippen LogP) is 4.26. The molecular formula is C22H18F3N5O3. The largest absolute Gasteiger partial charge is 0.447 e. The van der Waals surface area contributed by atoms with Crippen molar-refractivity contribution in [3.63, 3.8) is 0 Å². The molecule has 1 aliphatic rings. The minimum absolute atomic E-state index is 0.0955. The van der Waals surface area contributed by atoms with Crippen LogP contribution in [0.4, 0.5) is 35.3 Å². The standard InChI is InChI=1S/C22H18F3N5O3/c1-12-2-3-13(8-16(12)14-10-27-20(26)28-11-14)19(31)29-17-9-15(22(23,24)25)4-5-18(17)30-6-7-33-21(30)32/h2-5,8-11H,6-7H2,1H3,(H,29,31)(H2,26,27,28). The summed E-state index contributed by atoms with van der Waals surface area (Å²) in [5.74, 6) is -0.552. The number of aryl methyl sites for hydroxylation is 1. The summed E-state index contributed by atoms with van der Waals surface area (Å²) in [6.45, 7) is 2.08. The molecule has 1 aromatic heterocycles. The number of nitrogens with two attached hydrogens (primary N) is 1. The van der Waals surface area contributed by atoms with Gasteiger partial charge < -0.3 is 15.8 Å². The van der Waals surface area contributed by atoms with Gasteiger partial charge in [0, 0.05) is 23.5 Å². The van der Waals surface area contributed by atoms with Crippen LogP contribution in [0, 0.1) is 6.92 Å². The Hall–Kier alpha value is -4.15. The highest BCUT2D eigenvalue weighted by molar-refractivity contribution is 6.08. The van der Waals surface area contributed by atoms with Crippen LogP contribution in [0.1, 0.15) is 21.5 Å². The molecule has 3 N–H and O–H groups in total. The van der Waals surface area contributed by atoms with Crippen LogP contribution >= 0.6 is 0 Å². The van der Waals surface area contributed by atoms with Gasteiger partial charge in [-0.05, 0) is 48.4 Å². The molecule has 2 heterocycles. The normalized spacial score (nSPS) is 13.7. The van der Waals surface area contributed by atoms with Crippen molar-refractivity contribution in [2.75, 3.05) is 29.1 Å². The minimum atomic E-state index is -4.63. The number of amides is 2. The second kappa shape index (κ2) is 8.41. The zero-order valence-electron chi connectivity index (χ0n) is 17.3. The van der Waals surface area contributed by atoms with Crippen molar-refractivity contribution in [1.82, 2.24) is 9.97 Å². The molecule has 0 spiro atoms. The van der Waals surface area contributed by atoms with E-state index in [0.717, 1.165) is 23.8 Å². The van der Waals surface area contributed by atoms with E-state index in [1.807, 2.05) is 6.92 Å². The van der Waals surface area contributed by atoms with Gasteiger partial charge in [-0.2, -0.15) is 13.2 Å². The highest BCUT2D eigenvalue weighted by Crippen LogP contribution is 2.36. The molecule has 1 fully saturated rings. The van der Waals surface area contributed by atoms with Gasteiger partial charge in [0.1, 0.15) is 6.61 Å². The van der Waals surface area contributed by atoms with E-state index in [1.54, 1.807) is 18.2 Å². The van der Waals surface area contributed by atoms with Gasteiger partial charge in [0.25, 0.3) is 5.91 Å². The first-order valence-electron chi connectivity index (χ1n) is 9.79. The lowest BCUT2D eigenvalue weighted by Gasteiger charge is -2.20. The molecule has 2 amide bonds. The highest BCUT2D eigenvalue weighted by atomic mass is 19.4. The summed E-state index contributed by atoms with van der Waals surface area (Å²) in [6.07, 6.45) is -2.31. The number of hydrogen-bond donors (Lipinski definition) is 2. The summed E-state index contributed by atoms with van der Waals surface area (Å²) >= 11 is 0. The van der Waals surface area contributed by atoms with E-state index in [9.17, 15) is 22.8 Å². The third-order valence-electron chi connectivity index (χ3n) is 5.11. The van der Waals surface area contributed by atoms with Gasteiger partial charge in [-0.3, -0.25) is 9.69 Å². The fourth-order valence-electron chi connectivity index (χ4n) is 3.41. The van der Waals surface area contributed by atoms with Crippen LogP contribution in [0.2, 0.25) is 0 Å². The van der Waals surface area contributed by atoms with Crippen molar-refractivity contribution in [3.05, 3.63) is 65.5 Å². The second-order valence-corrected chi connectivity index (χ2v) is 7.31. The Morgan fingerprint density at radius 2 is 1.88 bits per heavy atom. The number of carbonyl (C=O) groups excluding carboxylic acids is 2. The molecule has 0 unspecified atom stereocenters. The monoisotopic (exact) mass is 457 g/mol. The molecule has 0 atom stereocenters. The number of hydrogen-bond acceptors (Lipinski definition) is 6. The number of cyclic esters (lactones) is 1. The van der Waals surface area contributed by atoms with Crippen LogP contribution in [0.25, 0.3) is 11.1 Å². The molecular weight excluding hydrogens is 439 g/mol. The molecule has 1 aliphatic heterocycles. The van der Waals surface area contributed by atoms with Gasteiger partial charge in [0.05, 0.1) is 23.5 Å². The Labute approximate surface area is 186 Å². The van der Waals surface area contributed by atoms with E-state index in [-0.39, 0.29) is 36.0 Å². The number of rotatable bonds is 4. The molecule has 0 bridgehead atoms. The van der Waals surface area contributed by atoms with E-state index >= 15 is 0 Å². The Bertz CT molecular complexity index is 1230. The van der Waals surface area contributed by atoms with Crippen molar-refractivity contribution >= 4 is 29.3 Å². The zero-order valence-corrected chi connectivity index (χ0v) is 17.3. The number of anilines is 3. The maximum atomic E-state index is 13.3. The zero-order chi connectivity index (χ0) is 23.8. The third kappa shape index (κ3) is 4.56.